The summed E-state index contributed by atoms with van der Waals surface area (Å²) in [5.74, 6) is -0.746. The van der Waals surface area contributed by atoms with Gasteiger partial charge in [-0.25, -0.2) is 5.48 Å². The van der Waals surface area contributed by atoms with Crippen molar-refractivity contribution in [3.63, 3.8) is 0 Å². The topological polar surface area (TPSA) is 78.4 Å². The van der Waals surface area contributed by atoms with Crippen molar-refractivity contribution in [2.24, 2.45) is 0 Å². The Kier molecular flexibility index (Phi) is 5.51. The van der Waals surface area contributed by atoms with Gasteiger partial charge in [0.25, 0.3) is 11.8 Å². The molecule has 3 N–H and O–H groups in total. The summed E-state index contributed by atoms with van der Waals surface area (Å²) in [6.07, 6.45) is 8.30. The van der Waals surface area contributed by atoms with E-state index < -0.39 is 5.91 Å². The lowest BCUT2D eigenvalue weighted by molar-refractivity contribution is -0.124. The largest absolute Gasteiger partial charge is 0.349 e. The predicted molar refractivity (Wildman–Crippen MR) is 79.7 cm³/mol. The summed E-state index contributed by atoms with van der Waals surface area (Å²) in [6, 6.07) is 7.32. The molecule has 1 aromatic rings. The van der Waals surface area contributed by atoms with Crippen LogP contribution in [0.4, 0.5) is 0 Å². The van der Waals surface area contributed by atoms with E-state index in [9.17, 15) is 9.59 Å². The predicted octanol–water partition coefficient (Wildman–Crippen LogP) is 2.27. The number of nitrogens with one attached hydrogen (secondary N) is 2. The van der Waals surface area contributed by atoms with E-state index in [2.05, 4.69) is 5.32 Å². The Morgan fingerprint density at radius 1 is 1.14 bits per heavy atom. The van der Waals surface area contributed by atoms with Gasteiger partial charge in [-0.05, 0) is 30.5 Å². The van der Waals surface area contributed by atoms with Gasteiger partial charge in [0.2, 0.25) is 0 Å². The van der Waals surface area contributed by atoms with Gasteiger partial charge >= 0.3 is 0 Å². The highest BCUT2D eigenvalue weighted by Gasteiger charge is 2.17. The molecule has 1 aliphatic rings. The highest BCUT2D eigenvalue weighted by molar-refractivity contribution is 5.99. The van der Waals surface area contributed by atoms with Crippen LogP contribution in [0.2, 0.25) is 0 Å². The zero-order chi connectivity index (χ0) is 15.1. The molecule has 0 bridgehead atoms. The fraction of sp³-hybridized carbons (Fsp3) is 0.375. The SMILES string of the molecule is O=C(/C=C/c1ccccc1C(=O)NC1CCCCC1)NO. The molecule has 21 heavy (non-hydrogen) atoms. The van der Waals surface area contributed by atoms with Gasteiger partial charge in [-0.1, -0.05) is 37.5 Å². The standard InChI is InChI=1S/C16H20N2O3/c19-15(18-21)11-10-12-6-4-5-9-14(12)16(20)17-13-7-2-1-3-8-13/h4-6,9-11,13,21H,1-3,7-8H2,(H,17,20)(H,18,19)/b11-10+. The zero-order valence-electron chi connectivity index (χ0n) is 11.8. The first kappa shape index (κ1) is 15.3. The lowest BCUT2D eigenvalue weighted by atomic mass is 9.95. The van der Waals surface area contributed by atoms with Crippen LogP contribution in [-0.2, 0) is 4.79 Å². The zero-order valence-corrected chi connectivity index (χ0v) is 11.8. The van der Waals surface area contributed by atoms with E-state index in [0.717, 1.165) is 25.7 Å². The summed E-state index contributed by atoms with van der Waals surface area (Å²) in [5.41, 5.74) is 2.70. The van der Waals surface area contributed by atoms with Gasteiger partial charge in [-0.3, -0.25) is 14.8 Å². The molecule has 0 aromatic heterocycles. The van der Waals surface area contributed by atoms with Gasteiger partial charge in [0, 0.05) is 17.7 Å². The van der Waals surface area contributed by atoms with E-state index in [1.165, 1.54) is 24.1 Å². The molecule has 0 saturated heterocycles. The molecule has 1 aromatic carbocycles. The highest BCUT2D eigenvalue weighted by Crippen LogP contribution is 2.18. The second kappa shape index (κ2) is 7.59. The van der Waals surface area contributed by atoms with Crippen LogP contribution in [0, 0.1) is 0 Å². The van der Waals surface area contributed by atoms with Gasteiger partial charge in [0.05, 0.1) is 0 Å². The van der Waals surface area contributed by atoms with E-state index in [1.54, 1.807) is 24.3 Å². The molecular formula is C16H20N2O3. The number of amides is 2. The summed E-state index contributed by atoms with van der Waals surface area (Å²) >= 11 is 0. The maximum atomic E-state index is 12.4. The van der Waals surface area contributed by atoms with E-state index in [0.29, 0.717) is 11.1 Å². The molecular weight excluding hydrogens is 268 g/mol. The van der Waals surface area contributed by atoms with Crippen molar-refractivity contribution >= 4 is 17.9 Å². The van der Waals surface area contributed by atoms with Crippen LogP contribution in [-0.4, -0.2) is 23.1 Å². The summed E-state index contributed by atoms with van der Waals surface area (Å²) in [5, 5.41) is 11.5. The van der Waals surface area contributed by atoms with Gasteiger partial charge in [0.1, 0.15) is 0 Å². The van der Waals surface area contributed by atoms with Crippen LogP contribution >= 0.6 is 0 Å². The van der Waals surface area contributed by atoms with E-state index >= 15 is 0 Å². The van der Waals surface area contributed by atoms with Crippen LogP contribution in [0.5, 0.6) is 0 Å². The molecule has 1 aliphatic carbocycles. The lowest BCUT2D eigenvalue weighted by Crippen LogP contribution is -2.36. The first-order chi connectivity index (χ1) is 10.2. The van der Waals surface area contributed by atoms with Crippen molar-refractivity contribution in [3.8, 4) is 0 Å². The third-order valence-corrected chi connectivity index (χ3v) is 3.67. The molecule has 0 heterocycles. The maximum Gasteiger partial charge on any atom is 0.267 e. The molecule has 112 valence electrons. The van der Waals surface area contributed by atoms with E-state index in [4.69, 9.17) is 5.21 Å². The summed E-state index contributed by atoms with van der Waals surface area (Å²) in [7, 11) is 0. The molecule has 0 atom stereocenters. The molecule has 5 nitrogen and oxygen atoms in total. The van der Waals surface area contributed by atoms with Crippen LogP contribution in [0.25, 0.3) is 6.08 Å². The van der Waals surface area contributed by atoms with Crippen molar-refractivity contribution in [2.75, 3.05) is 0 Å². The molecule has 0 unspecified atom stereocenters. The first-order valence-electron chi connectivity index (χ1n) is 7.23. The Morgan fingerprint density at radius 2 is 1.86 bits per heavy atom. The Bertz CT molecular complexity index is 534. The average Bonchev–Trinajstić information content (AvgIpc) is 2.53. The van der Waals surface area contributed by atoms with Gasteiger partial charge in [-0.15, -0.1) is 0 Å². The van der Waals surface area contributed by atoms with Gasteiger partial charge in [-0.2, -0.15) is 0 Å². The number of hydroxylamine groups is 1. The minimum absolute atomic E-state index is 0.119. The highest BCUT2D eigenvalue weighted by atomic mass is 16.5. The van der Waals surface area contributed by atoms with Crippen LogP contribution < -0.4 is 10.8 Å². The fourth-order valence-electron chi connectivity index (χ4n) is 2.56. The molecule has 0 radical (unpaired) electrons. The molecule has 0 aliphatic heterocycles. The van der Waals surface area contributed by atoms with Crippen molar-refractivity contribution in [1.29, 1.82) is 0 Å². The fourth-order valence-corrected chi connectivity index (χ4v) is 2.56. The quantitative estimate of drug-likeness (QED) is 0.452. The van der Waals surface area contributed by atoms with Gasteiger partial charge < -0.3 is 5.32 Å². The normalized spacial score (nSPS) is 15.9. The van der Waals surface area contributed by atoms with Crippen molar-refractivity contribution in [1.82, 2.24) is 10.8 Å². The Morgan fingerprint density at radius 3 is 2.57 bits per heavy atom. The first-order valence-corrected chi connectivity index (χ1v) is 7.23. The molecule has 0 spiro atoms. The molecule has 2 amide bonds. The average molecular weight is 288 g/mol. The maximum absolute atomic E-state index is 12.4. The number of hydrogen-bond donors (Lipinski definition) is 3. The molecule has 2 rings (SSSR count). The van der Waals surface area contributed by atoms with Crippen LogP contribution in [0.3, 0.4) is 0 Å². The summed E-state index contributed by atoms with van der Waals surface area (Å²) in [4.78, 5) is 23.4. The van der Waals surface area contributed by atoms with E-state index in [-0.39, 0.29) is 11.9 Å². The second-order valence-electron chi connectivity index (χ2n) is 5.21. The Hall–Kier alpha value is -2.14. The van der Waals surface area contributed by atoms with Crippen molar-refractivity contribution < 1.29 is 14.8 Å². The summed E-state index contributed by atoms with van der Waals surface area (Å²) < 4.78 is 0. The Balaban J connectivity index is 2.09. The molecule has 5 heteroatoms. The Labute approximate surface area is 124 Å². The van der Waals surface area contributed by atoms with Crippen LogP contribution in [0.15, 0.2) is 30.3 Å². The smallest absolute Gasteiger partial charge is 0.267 e. The molecule has 1 fully saturated rings. The second-order valence-corrected chi connectivity index (χ2v) is 5.21. The number of carbonyl (C=O) groups excluding carboxylic acids is 2. The van der Waals surface area contributed by atoms with Gasteiger partial charge in [0.15, 0.2) is 0 Å². The van der Waals surface area contributed by atoms with E-state index in [1.807, 2.05) is 0 Å². The number of carbonyl (C=O) groups is 2. The number of hydrogen-bond acceptors (Lipinski definition) is 3. The van der Waals surface area contributed by atoms with Crippen molar-refractivity contribution in [2.45, 2.75) is 38.1 Å². The molecule has 1 saturated carbocycles. The third-order valence-electron chi connectivity index (χ3n) is 3.67. The summed E-state index contributed by atoms with van der Waals surface area (Å²) in [6.45, 7) is 0. The van der Waals surface area contributed by atoms with Crippen molar-refractivity contribution in [3.05, 3.63) is 41.5 Å². The monoisotopic (exact) mass is 288 g/mol. The minimum atomic E-state index is -0.627. The number of rotatable bonds is 4. The minimum Gasteiger partial charge on any atom is -0.349 e. The lowest BCUT2D eigenvalue weighted by Gasteiger charge is -2.23. The van der Waals surface area contributed by atoms with Crippen LogP contribution in [0.1, 0.15) is 48.0 Å². The third kappa shape index (κ3) is 4.43. The number of benzene rings is 1.